The molecule has 0 radical (unpaired) electrons. The number of sulfonamides is 1. The summed E-state index contributed by atoms with van der Waals surface area (Å²) in [6.45, 7) is 24.7. The molecule has 0 unspecified atom stereocenters. The summed E-state index contributed by atoms with van der Waals surface area (Å²) in [5, 5.41) is 0. The van der Waals surface area contributed by atoms with Crippen LogP contribution in [0.4, 0.5) is 13.2 Å². The van der Waals surface area contributed by atoms with Crippen molar-refractivity contribution in [1.82, 2.24) is 4.72 Å². The lowest BCUT2D eigenvalue weighted by Gasteiger charge is -2.28. The number of ether oxygens (including phenoxy) is 4. The van der Waals surface area contributed by atoms with Crippen LogP contribution in [0, 0.1) is 0 Å². The summed E-state index contributed by atoms with van der Waals surface area (Å²) in [7, 11) is -0.991. The van der Waals surface area contributed by atoms with Gasteiger partial charge in [-0.2, -0.15) is 21.6 Å². The Morgan fingerprint density at radius 3 is 0.903 bits per heavy atom. The molecule has 0 heterocycles. The molecule has 5 rings (SSSR count). The van der Waals surface area contributed by atoms with Crippen molar-refractivity contribution in [2.24, 2.45) is 0 Å². The molecule has 1 aliphatic rings. The number of amides is 1. The van der Waals surface area contributed by atoms with Crippen molar-refractivity contribution < 1.29 is 45.3 Å². The van der Waals surface area contributed by atoms with Gasteiger partial charge in [0, 0.05) is 25.7 Å². The molecule has 1 amide bonds. The second-order valence-corrected chi connectivity index (χ2v) is 22.3. The van der Waals surface area contributed by atoms with Crippen molar-refractivity contribution in [3.63, 3.8) is 0 Å². The number of rotatable bonds is 7. The first-order chi connectivity index (χ1) is 28.4. The van der Waals surface area contributed by atoms with Crippen LogP contribution in [0.25, 0.3) is 0 Å². The predicted octanol–water partition coefficient (Wildman–Crippen LogP) is 10.9. The summed E-state index contributed by atoms with van der Waals surface area (Å²) in [6, 6.07) is 17.0. The Hall–Kier alpha value is -4.71. The Balaban J connectivity index is 1.94. The topological polar surface area (TPSA) is 100 Å². The molecule has 8 nitrogen and oxygen atoms in total. The smallest absolute Gasteiger partial charge is 0.496 e. The van der Waals surface area contributed by atoms with E-state index < -0.39 is 28.0 Å². The quantitative estimate of drug-likeness (QED) is 0.174. The van der Waals surface area contributed by atoms with Crippen molar-refractivity contribution in [3.8, 4) is 23.0 Å². The van der Waals surface area contributed by atoms with Crippen LogP contribution in [0.1, 0.15) is 150 Å². The van der Waals surface area contributed by atoms with Gasteiger partial charge in [-0.3, -0.25) is 4.79 Å². The number of halogens is 3. The van der Waals surface area contributed by atoms with Gasteiger partial charge in [0.1, 0.15) is 23.0 Å². The average Bonchev–Trinajstić information content (AvgIpc) is 3.11. The molecule has 0 saturated carbocycles. The van der Waals surface area contributed by atoms with E-state index in [2.05, 4.69) is 119 Å². The first kappa shape index (κ1) is 48.3. The molecule has 4 aromatic carbocycles. The minimum Gasteiger partial charge on any atom is -0.496 e. The van der Waals surface area contributed by atoms with Crippen LogP contribution in [-0.4, -0.2) is 47.8 Å². The molecule has 12 heteroatoms. The molecule has 0 fully saturated rings. The van der Waals surface area contributed by atoms with Gasteiger partial charge in [-0.25, -0.2) is 4.72 Å². The van der Waals surface area contributed by atoms with E-state index in [1.54, 1.807) is 21.3 Å². The Bertz CT molecular complexity index is 2340. The Labute approximate surface area is 367 Å². The normalized spacial score (nSPS) is 14.0. The fraction of sp³-hybridized carbons (Fsp3) is 0.500. The van der Waals surface area contributed by atoms with Crippen molar-refractivity contribution in [2.45, 2.75) is 136 Å². The number of fused-ring (bicyclic) bond motifs is 8. The summed E-state index contributed by atoms with van der Waals surface area (Å²) < 4.78 is 90.4. The summed E-state index contributed by atoms with van der Waals surface area (Å²) in [5.74, 6) is 0.871. The zero-order chi connectivity index (χ0) is 46.5. The average molecular weight is 880 g/mol. The standard InChI is InChI=1S/C50H64F3NO7S/c1-46(2,3)37-20-29-16-31-22-38(47(4,5)6)24-33(43(31)59-14)18-35-26-40(49(10,11)12)27-36(45(35)61-28-41(55)54-62(56,57)50(51,52)53)19-34-25-39(48(7,8)9)23-32(44(34)60-15)17-30(21-37)42(29)58-13/h20-27H,16-19,28H2,1-15H3,(H,54,55). The van der Waals surface area contributed by atoms with E-state index in [4.69, 9.17) is 18.9 Å². The van der Waals surface area contributed by atoms with Gasteiger partial charge in [0.25, 0.3) is 5.91 Å². The van der Waals surface area contributed by atoms with Crippen molar-refractivity contribution in [3.05, 3.63) is 115 Å². The predicted molar refractivity (Wildman–Crippen MR) is 240 cm³/mol. The molecule has 8 bridgehead atoms. The van der Waals surface area contributed by atoms with Crippen LogP contribution in [0.2, 0.25) is 0 Å². The minimum absolute atomic E-state index is 0.195. The zero-order valence-electron chi connectivity index (χ0n) is 39.1. The molecule has 1 aliphatic carbocycles. The maximum atomic E-state index is 13.4. The lowest BCUT2D eigenvalue weighted by Crippen LogP contribution is -2.42. The molecule has 0 saturated heterocycles. The van der Waals surface area contributed by atoms with Crippen LogP contribution in [-0.2, 0) is 62.2 Å². The van der Waals surface area contributed by atoms with Crippen LogP contribution in [0.3, 0.4) is 0 Å². The van der Waals surface area contributed by atoms with Crippen molar-refractivity contribution >= 4 is 15.9 Å². The summed E-state index contributed by atoms with van der Waals surface area (Å²) in [4.78, 5) is 13.0. The third-order valence-electron chi connectivity index (χ3n) is 11.5. The first-order valence-electron chi connectivity index (χ1n) is 20.9. The molecule has 4 aromatic rings. The summed E-state index contributed by atoms with van der Waals surface area (Å²) in [5.41, 5.74) is 4.14. The highest BCUT2D eigenvalue weighted by atomic mass is 32.2. The lowest BCUT2D eigenvalue weighted by atomic mass is 9.79. The molecule has 0 aromatic heterocycles. The Morgan fingerprint density at radius 2 is 0.710 bits per heavy atom. The number of hydrogen-bond acceptors (Lipinski definition) is 7. The Kier molecular flexibility index (Phi) is 13.3. The number of methoxy groups -OCH3 is 3. The first-order valence-corrected chi connectivity index (χ1v) is 22.4. The fourth-order valence-corrected chi connectivity index (χ4v) is 8.44. The largest absolute Gasteiger partial charge is 0.516 e. The van der Waals surface area contributed by atoms with Gasteiger partial charge in [0.15, 0.2) is 6.61 Å². The number of benzene rings is 4. The highest BCUT2D eigenvalue weighted by molar-refractivity contribution is 7.90. The molecule has 62 heavy (non-hydrogen) atoms. The molecule has 1 N–H and O–H groups in total. The maximum Gasteiger partial charge on any atom is 0.516 e. The minimum atomic E-state index is -5.97. The number of nitrogens with one attached hydrogen (secondary N) is 1. The monoisotopic (exact) mass is 879 g/mol. The summed E-state index contributed by atoms with van der Waals surface area (Å²) in [6.07, 6.45) is 1.41. The van der Waals surface area contributed by atoms with Crippen molar-refractivity contribution in [1.29, 1.82) is 0 Å². The van der Waals surface area contributed by atoms with Crippen LogP contribution in [0.15, 0.2) is 48.5 Å². The van der Waals surface area contributed by atoms with Gasteiger partial charge in [0.2, 0.25) is 0 Å². The zero-order valence-corrected chi connectivity index (χ0v) is 39.9. The van der Waals surface area contributed by atoms with E-state index in [9.17, 15) is 26.4 Å². The maximum absolute atomic E-state index is 13.4. The van der Waals surface area contributed by atoms with Crippen LogP contribution in [0.5, 0.6) is 23.0 Å². The molecule has 0 aliphatic heterocycles. The second kappa shape index (κ2) is 17.1. The van der Waals surface area contributed by atoms with Gasteiger partial charge in [0.05, 0.1) is 21.3 Å². The third kappa shape index (κ3) is 10.5. The number of carbonyl (C=O) groups excluding carboxylic acids is 1. The lowest BCUT2D eigenvalue weighted by molar-refractivity contribution is -0.122. The second-order valence-electron chi connectivity index (χ2n) is 20.6. The summed E-state index contributed by atoms with van der Waals surface area (Å²) >= 11 is 0. The Morgan fingerprint density at radius 1 is 0.484 bits per heavy atom. The van der Waals surface area contributed by atoms with Gasteiger partial charge < -0.3 is 18.9 Å². The highest BCUT2D eigenvalue weighted by Crippen LogP contribution is 2.44. The van der Waals surface area contributed by atoms with Gasteiger partial charge >= 0.3 is 15.5 Å². The van der Waals surface area contributed by atoms with Gasteiger partial charge in [-0.15, -0.1) is 0 Å². The van der Waals surface area contributed by atoms with Gasteiger partial charge in [-0.05, 0) is 88.4 Å². The number of alkyl halides is 3. The molecule has 338 valence electrons. The van der Waals surface area contributed by atoms with E-state index >= 15 is 0 Å². The van der Waals surface area contributed by atoms with E-state index in [-0.39, 0.29) is 40.3 Å². The highest BCUT2D eigenvalue weighted by Gasteiger charge is 2.47. The van der Waals surface area contributed by atoms with Crippen molar-refractivity contribution in [2.75, 3.05) is 27.9 Å². The number of hydrogen-bond donors (Lipinski definition) is 1. The number of carbonyl (C=O) groups is 1. The fourth-order valence-electron chi connectivity index (χ4n) is 7.97. The van der Waals surface area contributed by atoms with E-state index in [0.717, 1.165) is 66.1 Å². The van der Waals surface area contributed by atoms with E-state index in [1.807, 2.05) is 12.1 Å². The molecular weight excluding hydrogens is 816 g/mol. The van der Waals surface area contributed by atoms with E-state index in [1.165, 1.54) is 0 Å². The SMILES string of the molecule is COc1c2cc(C(C)(C)C)cc1Cc1cc(C(C)(C)C)cc(c1OC)Cc1cc(C(C)(C)C)cc(c1OCC(=O)NS(=O)(=O)C(F)(F)F)Cc1cc(C(C)(C)C)cc(c1OC)C2. The molecular formula is C50H64F3NO7S. The third-order valence-corrected chi connectivity index (χ3v) is 12.6. The van der Waals surface area contributed by atoms with Gasteiger partial charge in [-0.1, -0.05) is 132 Å². The van der Waals surface area contributed by atoms with Crippen LogP contribution < -0.4 is 23.7 Å². The van der Waals surface area contributed by atoms with Crippen LogP contribution >= 0.6 is 0 Å². The van der Waals surface area contributed by atoms with E-state index in [0.29, 0.717) is 35.5 Å². The molecule has 0 atom stereocenters. The molecule has 0 spiro atoms.